The van der Waals surface area contributed by atoms with Gasteiger partial charge in [-0.15, -0.1) is 11.8 Å². The zero-order valence-corrected chi connectivity index (χ0v) is 11.8. The van der Waals surface area contributed by atoms with Gasteiger partial charge in [-0.3, -0.25) is 0 Å². The van der Waals surface area contributed by atoms with Gasteiger partial charge in [0.15, 0.2) is 0 Å². The van der Waals surface area contributed by atoms with E-state index in [2.05, 4.69) is 19.9 Å². The highest BCUT2D eigenvalue weighted by Crippen LogP contribution is 2.39. The van der Waals surface area contributed by atoms with Crippen LogP contribution in [-0.2, 0) is 4.74 Å². The quantitative estimate of drug-likeness (QED) is 0.831. The van der Waals surface area contributed by atoms with E-state index >= 15 is 0 Å². The van der Waals surface area contributed by atoms with Crippen LogP contribution < -0.4 is 10.5 Å². The third-order valence-electron chi connectivity index (χ3n) is 3.07. The van der Waals surface area contributed by atoms with Gasteiger partial charge in [-0.1, -0.05) is 13.0 Å². The molecule has 100 valence electrons. The highest BCUT2D eigenvalue weighted by Gasteiger charge is 2.26. The Morgan fingerprint density at radius 2 is 2.33 bits per heavy atom. The number of rotatable bonds is 5. The second kappa shape index (κ2) is 6.34. The van der Waals surface area contributed by atoms with Crippen LogP contribution in [0.4, 0.5) is 5.69 Å². The molecule has 1 aromatic carbocycles. The first kappa shape index (κ1) is 13.6. The fourth-order valence-corrected chi connectivity index (χ4v) is 3.19. The van der Waals surface area contributed by atoms with Crippen molar-refractivity contribution in [2.45, 2.75) is 42.9 Å². The van der Waals surface area contributed by atoms with E-state index in [0.29, 0.717) is 18.0 Å². The number of anilines is 1. The number of hydrogen-bond donors (Lipinski definition) is 1. The Morgan fingerprint density at radius 1 is 1.50 bits per heavy atom. The molecule has 2 atom stereocenters. The monoisotopic (exact) mass is 267 g/mol. The fourth-order valence-electron chi connectivity index (χ4n) is 1.99. The minimum Gasteiger partial charge on any atom is -0.491 e. The van der Waals surface area contributed by atoms with Gasteiger partial charge in [0.05, 0.1) is 18.4 Å². The lowest BCUT2D eigenvalue weighted by Gasteiger charge is -2.16. The van der Waals surface area contributed by atoms with Gasteiger partial charge in [0.1, 0.15) is 5.75 Å². The van der Waals surface area contributed by atoms with E-state index in [1.807, 2.05) is 12.1 Å². The average molecular weight is 267 g/mol. The summed E-state index contributed by atoms with van der Waals surface area (Å²) in [4.78, 5) is 1.10. The summed E-state index contributed by atoms with van der Waals surface area (Å²) in [6, 6.07) is 6.00. The van der Waals surface area contributed by atoms with Crippen molar-refractivity contribution in [2.75, 3.05) is 18.9 Å². The van der Waals surface area contributed by atoms with Crippen LogP contribution in [0.15, 0.2) is 23.1 Å². The Balaban J connectivity index is 2.07. The summed E-state index contributed by atoms with van der Waals surface area (Å²) >= 11 is 1.80. The van der Waals surface area contributed by atoms with Crippen molar-refractivity contribution in [3.8, 4) is 5.75 Å². The van der Waals surface area contributed by atoms with Crippen molar-refractivity contribution < 1.29 is 9.47 Å². The molecule has 1 saturated heterocycles. The van der Waals surface area contributed by atoms with Crippen LogP contribution in [0.2, 0.25) is 0 Å². The molecule has 1 aliphatic heterocycles. The van der Waals surface area contributed by atoms with Crippen LogP contribution in [0.5, 0.6) is 5.75 Å². The van der Waals surface area contributed by atoms with Gasteiger partial charge in [-0.25, -0.2) is 0 Å². The van der Waals surface area contributed by atoms with E-state index in [-0.39, 0.29) is 0 Å². The molecule has 2 N–H and O–H groups in total. The van der Waals surface area contributed by atoms with E-state index < -0.39 is 0 Å². The molecule has 2 unspecified atom stereocenters. The van der Waals surface area contributed by atoms with Crippen LogP contribution in [0, 0.1) is 0 Å². The highest BCUT2D eigenvalue weighted by molar-refractivity contribution is 8.00. The molecule has 0 radical (unpaired) electrons. The smallest absolute Gasteiger partial charge is 0.143 e. The first-order chi connectivity index (χ1) is 8.72. The average Bonchev–Trinajstić information content (AvgIpc) is 2.76. The second-order valence-electron chi connectivity index (χ2n) is 4.54. The summed E-state index contributed by atoms with van der Waals surface area (Å²) in [7, 11) is 0. The fraction of sp³-hybridized carbons (Fsp3) is 0.571. The Labute approximate surface area is 113 Å². The van der Waals surface area contributed by atoms with E-state index in [1.165, 1.54) is 0 Å². The normalized spacial score (nSPS) is 23.2. The zero-order chi connectivity index (χ0) is 13.0. The number of ether oxygens (including phenoxy) is 2. The minimum atomic E-state index is 0.301. The number of para-hydroxylation sites is 1. The number of nitrogen functional groups attached to an aromatic ring is 1. The maximum atomic E-state index is 6.16. The van der Waals surface area contributed by atoms with Crippen LogP contribution in [-0.4, -0.2) is 24.6 Å². The molecular weight excluding hydrogens is 246 g/mol. The molecule has 0 saturated carbocycles. The van der Waals surface area contributed by atoms with Gasteiger partial charge in [-0.05, 0) is 31.9 Å². The molecule has 0 spiro atoms. The molecule has 1 heterocycles. The summed E-state index contributed by atoms with van der Waals surface area (Å²) in [5.41, 5.74) is 6.92. The summed E-state index contributed by atoms with van der Waals surface area (Å²) in [5, 5.41) is 0.494. The summed E-state index contributed by atoms with van der Waals surface area (Å²) < 4.78 is 11.2. The number of benzene rings is 1. The van der Waals surface area contributed by atoms with Gasteiger partial charge in [0, 0.05) is 16.8 Å². The van der Waals surface area contributed by atoms with Crippen molar-refractivity contribution in [2.24, 2.45) is 0 Å². The maximum Gasteiger partial charge on any atom is 0.143 e. The van der Waals surface area contributed by atoms with Crippen molar-refractivity contribution in [3.05, 3.63) is 18.2 Å². The molecule has 0 amide bonds. The van der Waals surface area contributed by atoms with Crippen molar-refractivity contribution in [3.63, 3.8) is 0 Å². The van der Waals surface area contributed by atoms with Crippen LogP contribution in [0.1, 0.15) is 26.7 Å². The van der Waals surface area contributed by atoms with Crippen LogP contribution >= 0.6 is 11.8 Å². The molecule has 1 fully saturated rings. The summed E-state index contributed by atoms with van der Waals surface area (Å²) in [5.74, 6) is 0.799. The van der Waals surface area contributed by atoms with Gasteiger partial charge in [0.2, 0.25) is 0 Å². The Bertz CT molecular complexity index is 397. The Morgan fingerprint density at radius 3 is 3.00 bits per heavy atom. The predicted octanol–water partition coefficient (Wildman–Crippen LogP) is 3.33. The topological polar surface area (TPSA) is 44.5 Å². The summed E-state index contributed by atoms with van der Waals surface area (Å²) in [6.45, 7) is 5.77. The number of thioether (sulfide) groups is 1. The van der Waals surface area contributed by atoms with Crippen molar-refractivity contribution in [1.82, 2.24) is 0 Å². The molecule has 0 aliphatic carbocycles. The SMILES string of the molecule is CCCOc1cccc(SC2CCOC2C)c1N. The molecule has 1 aromatic rings. The lowest BCUT2D eigenvalue weighted by molar-refractivity contribution is 0.127. The molecule has 3 nitrogen and oxygen atoms in total. The van der Waals surface area contributed by atoms with Gasteiger partial charge < -0.3 is 15.2 Å². The number of hydrogen-bond acceptors (Lipinski definition) is 4. The van der Waals surface area contributed by atoms with Gasteiger partial charge in [-0.2, -0.15) is 0 Å². The van der Waals surface area contributed by atoms with E-state index in [9.17, 15) is 0 Å². The Hall–Kier alpha value is -0.870. The minimum absolute atomic E-state index is 0.301. The zero-order valence-electron chi connectivity index (χ0n) is 11.0. The first-order valence-corrected chi connectivity index (χ1v) is 7.40. The third kappa shape index (κ3) is 3.12. The summed E-state index contributed by atoms with van der Waals surface area (Å²) in [6.07, 6.45) is 2.38. The van der Waals surface area contributed by atoms with Crippen LogP contribution in [0.25, 0.3) is 0 Å². The second-order valence-corrected chi connectivity index (χ2v) is 5.82. The number of nitrogens with two attached hydrogens (primary N) is 1. The van der Waals surface area contributed by atoms with E-state index in [4.69, 9.17) is 15.2 Å². The predicted molar refractivity (Wildman–Crippen MR) is 76.3 cm³/mol. The van der Waals surface area contributed by atoms with Crippen molar-refractivity contribution in [1.29, 1.82) is 0 Å². The molecule has 2 rings (SSSR count). The molecular formula is C14H21NO2S. The van der Waals surface area contributed by atoms with Crippen LogP contribution in [0.3, 0.4) is 0 Å². The first-order valence-electron chi connectivity index (χ1n) is 6.52. The lowest BCUT2D eigenvalue weighted by atomic mass is 10.2. The van der Waals surface area contributed by atoms with Crippen molar-refractivity contribution >= 4 is 17.4 Å². The molecule has 1 aliphatic rings. The van der Waals surface area contributed by atoms with Gasteiger partial charge >= 0.3 is 0 Å². The van der Waals surface area contributed by atoms with E-state index in [0.717, 1.165) is 35.8 Å². The lowest BCUT2D eigenvalue weighted by Crippen LogP contribution is -2.13. The van der Waals surface area contributed by atoms with Gasteiger partial charge in [0.25, 0.3) is 0 Å². The largest absolute Gasteiger partial charge is 0.491 e. The molecule has 0 bridgehead atoms. The molecule has 18 heavy (non-hydrogen) atoms. The Kier molecular flexibility index (Phi) is 4.78. The maximum absolute atomic E-state index is 6.16. The highest BCUT2D eigenvalue weighted by atomic mass is 32.2. The molecule has 0 aromatic heterocycles. The third-order valence-corrected chi connectivity index (χ3v) is 4.60. The van der Waals surface area contributed by atoms with E-state index in [1.54, 1.807) is 11.8 Å². The standard InChI is InChI=1S/C14H21NO2S/c1-3-8-17-11-5-4-6-13(14(11)15)18-12-7-9-16-10(12)2/h4-6,10,12H,3,7-9,15H2,1-2H3. The molecule has 4 heteroatoms.